The number of nitrogens with zero attached hydrogens (tertiary/aromatic N) is 2. The predicted molar refractivity (Wildman–Crippen MR) is 117 cm³/mol. The van der Waals surface area contributed by atoms with Gasteiger partial charge in [0.25, 0.3) is 0 Å². The van der Waals surface area contributed by atoms with Crippen LogP contribution in [0.15, 0.2) is 64.5 Å². The Kier molecular flexibility index (Phi) is 8.51. The number of hydrogen-bond donors (Lipinski definition) is 2. The highest BCUT2D eigenvalue weighted by atomic mass is 127. The van der Waals surface area contributed by atoms with Crippen LogP contribution < -0.4 is 11.1 Å². The lowest BCUT2D eigenvalue weighted by molar-refractivity contribution is 0.410. The number of sulfonamides is 1. The van der Waals surface area contributed by atoms with Crippen molar-refractivity contribution >= 4 is 45.6 Å². The van der Waals surface area contributed by atoms with E-state index in [-0.39, 0.29) is 34.9 Å². The van der Waals surface area contributed by atoms with E-state index in [9.17, 15) is 8.42 Å². The Bertz CT molecular complexity index is 822. The number of halogens is 1. The molecule has 8 heteroatoms. The molecule has 3 N–H and O–H groups in total. The molecule has 0 amide bonds. The van der Waals surface area contributed by atoms with Crippen molar-refractivity contribution in [2.75, 3.05) is 12.4 Å². The molecule has 0 atom stereocenters. The molecule has 2 aromatic carbocycles. The van der Waals surface area contributed by atoms with E-state index in [0.717, 1.165) is 11.3 Å². The highest BCUT2D eigenvalue weighted by molar-refractivity contribution is 14.0. The minimum atomic E-state index is -3.47. The standard InChI is InChI=1S/C18H24N4O2S.HI/c1-14(2)22(3)25(23,24)17-11-9-15(10-12-17)13-20-18(19)21-16-7-5-4-6-8-16;/h4-12,14H,13H2,1-3H3,(H3,19,20,21);1H. The summed E-state index contributed by atoms with van der Waals surface area (Å²) >= 11 is 0. The lowest BCUT2D eigenvalue weighted by Gasteiger charge is -2.21. The molecule has 2 aromatic rings. The van der Waals surface area contributed by atoms with E-state index in [1.807, 2.05) is 44.2 Å². The van der Waals surface area contributed by atoms with Crippen molar-refractivity contribution in [2.24, 2.45) is 10.7 Å². The van der Waals surface area contributed by atoms with Crippen LogP contribution in [0, 0.1) is 0 Å². The van der Waals surface area contributed by atoms with Gasteiger partial charge < -0.3 is 11.1 Å². The number of hydrogen-bond acceptors (Lipinski definition) is 3. The first kappa shape index (κ1) is 22.4. The molecule has 0 saturated heterocycles. The molecule has 0 aromatic heterocycles. The SMILES string of the molecule is CC(C)N(C)S(=O)(=O)c1ccc(CN=C(N)Nc2ccccc2)cc1.I. The molecule has 0 saturated carbocycles. The third kappa shape index (κ3) is 5.96. The smallest absolute Gasteiger partial charge is 0.243 e. The van der Waals surface area contributed by atoms with Crippen molar-refractivity contribution in [1.29, 1.82) is 0 Å². The van der Waals surface area contributed by atoms with E-state index in [2.05, 4.69) is 10.3 Å². The zero-order chi connectivity index (χ0) is 18.4. The number of aliphatic imine (C=N–C) groups is 1. The Hall–Kier alpha value is -1.65. The van der Waals surface area contributed by atoms with Gasteiger partial charge >= 0.3 is 0 Å². The number of benzene rings is 2. The molecule has 0 radical (unpaired) electrons. The van der Waals surface area contributed by atoms with Crippen molar-refractivity contribution in [2.45, 2.75) is 31.3 Å². The fourth-order valence-corrected chi connectivity index (χ4v) is 3.46. The topological polar surface area (TPSA) is 87.8 Å². The maximum absolute atomic E-state index is 12.4. The third-order valence-electron chi connectivity index (χ3n) is 3.81. The van der Waals surface area contributed by atoms with Gasteiger partial charge in [0.15, 0.2) is 5.96 Å². The van der Waals surface area contributed by atoms with E-state index in [1.54, 1.807) is 31.3 Å². The Balaban J connectivity index is 0.00000338. The average molecular weight is 488 g/mol. The fraction of sp³-hybridized carbons (Fsp3) is 0.278. The summed E-state index contributed by atoms with van der Waals surface area (Å²) in [4.78, 5) is 4.54. The number of guanidine groups is 1. The normalized spacial score (nSPS) is 12.1. The molecule has 26 heavy (non-hydrogen) atoms. The van der Waals surface area contributed by atoms with Gasteiger partial charge in [0.2, 0.25) is 10.0 Å². The number of nitrogens with two attached hydrogens (primary N) is 1. The van der Waals surface area contributed by atoms with E-state index in [4.69, 9.17) is 5.73 Å². The Labute approximate surface area is 172 Å². The number of nitrogens with one attached hydrogen (secondary N) is 1. The molecule has 142 valence electrons. The molecule has 0 aliphatic carbocycles. The summed E-state index contributed by atoms with van der Waals surface area (Å²) < 4.78 is 26.2. The molecule has 0 bridgehead atoms. The maximum atomic E-state index is 12.4. The lowest BCUT2D eigenvalue weighted by Crippen LogP contribution is -2.33. The van der Waals surface area contributed by atoms with E-state index >= 15 is 0 Å². The molecule has 0 aliphatic rings. The second kappa shape index (κ2) is 9.89. The lowest BCUT2D eigenvalue weighted by atomic mass is 10.2. The van der Waals surface area contributed by atoms with Crippen LogP contribution in [-0.2, 0) is 16.6 Å². The van der Waals surface area contributed by atoms with Gasteiger partial charge in [-0.05, 0) is 43.7 Å². The molecule has 0 unspecified atom stereocenters. The summed E-state index contributed by atoms with van der Waals surface area (Å²) in [6, 6.07) is 16.1. The third-order valence-corrected chi connectivity index (χ3v) is 5.85. The monoisotopic (exact) mass is 488 g/mol. The van der Waals surface area contributed by atoms with Crippen LogP contribution in [0.3, 0.4) is 0 Å². The first-order valence-corrected chi connectivity index (χ1v) is 9.43. The summed E-state index contributed by atoms with van der Waals surface area (Å²) in [6.07, 6.45) is 0. The molecule has 0 aliphatic heterocycles. The number of anilines is 1. The van der Waals surface area contributed by atoms with E-state index in [1.165, 1.54) is 4.31 Å². The minimum Gasteiger partial charge on any atom is -0.370 e. The first-order chi connectivity index (χ1) is 11.8. The van der Waals surface area contributed by atoms with E-state index in [0.29, 0.717) is 12.5 Å². The van der Waals surface area contributed by atoms with Gasteiger partial charge in [-0.15, -0.1) is 24.0 Å². The van der Waals surface area contributed by atoms with Crippen LogP contribution in [0.2, 0.25) is 0 Å². The van der Waals surface area contributed by atoms with Gasteiger partial charge in [-0.25, -0.2) is 13.4 Å². The maximum Gasteiger partial charge on any atom is 0.243 e. The largest absolute Gasteiger partial charge is 0.370 e. The highest BCUT2D eigenvalue weighted by Crippen LogP contribution is 2.17. The zero-order valence-electron chi connectivity index (χ0n) is 15.1. The van der Waals surface area contributed by atoms with Crippen molar-refractivity contribution in [1.82, 2.24) is 4.31 Å². The molecular weight excluding hydrogens is 463 g/mol. The van der Waals surface area contributed by atoms with Gasteiger partial charge in [0.05, 0.1) is 11.4 Å². The van der Waals surface area contributed by atoms with Gasteiger partial charge in [0.1, 0.15) is 0 Å². The van der Waals surface area contributed by atoms with Crippen LogP contribution in [0.4, 0.5) is 5.69 Å². The summed E-state index contributed by atoms with van der Waals surface area (Å²) in [7, 11) is -1.89. The molecule has 6 nitrogen and oxygen atoms in total. The van der Waals surface area contributed by atoms with Gasteiger partial charge in [-0.3, -0.25) is 0 Å². The Morgan fingerprint density at radius 1 is 1.12 bits per heavy atom. The van der Waals surface area contributed by atoms with Gasteiger partial charge in [0, 0.05) is 18.8 Å². The average Bonchev–Trinajstić information content (AvgIpc) is 2.60. The summed E-state index contributed by atoms with van der Waals surface area (Å²) in [5.74, 6) is 0.308. The molecule has 0 spiro atoms. The minimum absolute atomic E-state index is 0. The molecule has 2 rings (SSSR count). The molecule has 0 heterocycles. The van der Waals surface area contributed by atoms with Crippen LogP contribution in [0.1, 0.15) is 19.4 Å². The summed E-state index contributed by atoms with van der Waals surface area (Å²) in [5, 5.41) is 3.00. The summed E-state index contributed by atoms with van der Waals surface area (Å²) in [6.45, 7) is 4.04. The molecule has 0 fully saturated rings. The molecular formula is C18H25IN4O2S. The second-order valence-corrected chi connectivity index (χ2v) is 7.95. The van der Waals surface area contributed by atoms with E-state index < -0.39 is 10.0 Å². The van der Waals surface area contributed by atoms with Crippen molar-refractivity contribution in [3.63, 3.8) is 0 Å². The van der Waals surface area contributed by atoms with Gasteiger partial charge in [-0.2, -0.15) is 4.31 Å². The number of rotatable bonds is 6. The highest BCUT2D eigenvalue weighted by Gasteiger charge is 2.22. The van der Waals surface area contributed by atoms with Crippen molar-refractivity contribution in [3.8, 4) is 0 Å². The first-order valence-electron chi connectivity index (χ1n) is 7.99. The number of para-hydroxylation sites is 1. The van der Waals surface area contributed by atoms with Crippen LogP contribution in [-0.4, -0.2) is 31.8 Å². The Morgan fingerprint density at radius 3 is 2.23 bits per heavy atom. The second-order valence-electron chi connectivity index (χ2n) is 5.95. The Morgan fingerprint density at radius 2 is 1.69 bits per heavy atom. The predicted octanol–water partition coefficient (Wildman–Crippen LogP) is 3.26. The van der Waals surface area contributed by atoms with Crippen LogP contribution >= 0.6 is 24.0 Å². The van der Waals surface area contributed by atoms with Crippen molar-refractivity contribution in [3.05, 3.63) is 60.2 Å². The van der Waals surface area contributed by atoms with Crippen LogP contribution in [0.5, 0.6) is 0 Å². The quantitative estimate of drug-likeness (QED) is 0.371. The van der Waals surface area contributed by atoms with Crippen molar-refractivity contribution < 1.29 is 8.42 Å². The zero-order valence-corrected chi connectivity index (χ0v) is 18.2. The fourth-order valence-electron chi connectivity index (χ4n) is 2.10. The van der Waals surface area contributed by atoms with Crippen LogP contribution in [0.25, 0.3) is 0 Å². The van der Waals surface area contributed by atoms with Gasteiger partial charge in [-0.1, -0.05) is 30.3 Å². The summed E-state index contributed by atoms with van der Waals surface area (Å²) in [5.41, 5.74) is 7.60.